The van der Waals surface area contributed by atoms with E-state index in [9.17, 15) is 13.6 Å². The lowest BCUT2D eigenvalue weighted by molar-refractivity contribution is -0.0487. The van der Waals surface area contributed by atoms with Crippen molar-refractivity contribution in [3.05, 3.63) is 45.4 Å². The molecule has 0 radical (unpaired) electrons. The summed E-state index contributed by atoms with van der Waals surface area (Å²) in [4.78, 5) is 17.8. The highest BCUT2D eigenvalue weighted by Crippen LogP contribution is 2.34. The maximum Gasteiger partial charge on any atom is 0.280 e. The number of amides is 1. The van der Waals surface area contributed by atoms with Crippen molar-refractivity contribution in [2.24, 2.45) is 0 Å². The standard InChI is InChI=1S/C20H20F3N3O3S/c1-10-14(30-9-25-10)7-28-13-4-3-12-17(18(13)21)16(11(2)29-12)19(27)26-15-5-6-24-8-20(15,22)23/h3-4,9,15,24H,5-8H2,1-2H3,(H,26,27). The third-order valence-corrected chi connectivity index (χ3v) is 6.06. The molecule has 0 bridgehead atoms. The van der Waals surface area contributed by atoms with E-state index < -0.39 is 30.2 Å². The molecule has 1 saturated heterocycles. The number of thiazole rings is 1. The van der Waals surface area contributed by atoms with E-state index >= 15 is 4.39 Å². The Hall–Kier alpha value is -2.59. The van der Waals surface area contributed by atoms with E-state index in [1.807, 2.05) is 6.92 Å². The minimum Gasteiger partial charge on any atom is -0.485 e. The van der Waals surface area contributed by atoms with E-state index in [1.165, 1.54) is 30.4 Å². The minimum atomic E-state index is -3.10. The number of fused-ring (bicyclic) bond motifs is 1. The number of hydrogen-bond acceptors (Lipinski definition) is 6. The molecule has 10 heteroatoms. The summed E-state index contributed by atoms with van der Waals surface area (Å²) in [5.41, 5.74) is 2.51. The smallest absolute Gasteiger partial charge is 0.280 e. The number of piperidine rings is 1. The Morgan fingerprint density at radius 1 is 1.43 bits per heavy atom. The van der Waals surface area contributed by atoms with Crippen LogP contribution in [-0.2, 0) is 6.61 Å². The van der Waals surface area contributed by atoms with Gasteiger partial charge < -0.3 is 19.8 Å². The highest BCUT2D eigenvalue weighted by molar-refractivity contribution is 7.09. The van der Waals surface area contributed by atoms with Crippen molar-refractivity contribution in [1.82, 2.24) is 15.6 Å². The van der Waals surface area contributed by atoms with Crippen molar-refractivity contribution in [2.75, 3.05) is 13.1 Å². The van der Waals surface area contributed by atoms with E-state index in [4.69, 9.17) is 9.15 Å². The average molecular weight is 439 g/mol. The first kappa shape index (κ1) is 20.7. The third-order valence-electron chi connectivity index (χ3n) is 5.15. The summed E-state index contributed by atoms with van der Waals surface area (Å²) >= 11 is 1.39. The largest absolute Gasteiger partial charge is 0.485 e. The topological polar surface area (TPSA) is 76.4 Å². The molecule has 0 aliphatic carbocycles. The fourth-order valence-electron chi connectivity index (χ4n) is 3.49. The van der Waals surface area contributed by atoms with Gasteiger partial charge in [-0.3, -0.25) is 4.79 Å². The molecule has 1 fully saturated rings. The van der Waals surface area contributed by atoms with Gasteiger partial charge in [-0.05, 0) is 38.9 Å². The van der Waals surface area contributed by atoms with Gasteiger partial charge in [0.25, 0.3) is 11.8 Å². The van der Waals surface area contributed by atoms with Crippen molar-refractivity contribution in [3.63, 3.8) is 0 Å². The maximum absolute atomic E-state index is 15.2. The number of halogens is 3. The van der Waals surface area contributed by atoms with Crippen LogP contribution in [0.15, 0.2) is 22.1 Å². The van der Waals surface area contributed by atoms with Crippen LogP contribution in [0.3, 0.4) is 0 Å². The first-order valence-electron chi connectivity index (χ1n) is 9.40. The van der Waals surface area contributed by atoms with Crippen LogP contribution in [0.5, 0.6) is 5.75 Å². The lowest BCUT2D eigenvalue weighted by Crippen LogP contribution is -2.57. The molecule has 1 atom stereocenters. The molecule has 0 saturated carbocycles. The monoisotopic (exact) mass is 439 g/mol. The molecular formula is C20H20F3N3O3S. The second kappa shape index (κ2) is 7.92. The number of rotatable bonds is 5. The van der Waals surface area contributed by atoms with Gasteiger partial charge in [-0.15, -0.1) is 11.3 Å². The highest BCUT2D eigenvalue weighted by Gasteiger charge is 2.43. The van der Waals surface area contributed by atoms with Crippen molar-refractivity contribution in [2.45, 2.75) is 38.8 Å². The van der Waals surface area contributed by atoms with Crippen molar-refractivity contribution < 1.29 is 27.1 Å². The Morgan fingerprint density at radius 3 is 2.93 bits per heavy atom. The average Bonchev–Trinajstić information content (AvgIpc) is 3.25. The molecule has 160 valence electrons. The second-order valence-electron chi connectivity index (χ2n) is 7.19. The van der Waals surface area contributed by atoms with Crippen LogP contribution < -0.4 is 15.4 Å². The number of carbonyl (C=O) groups is 1. The number of aryl methyl sites for hydroxylation is 2. The second-order valence-corrected chi connectivity index (χ2v) is 8.13. The Bertz CT molecular complexity index is 1100. The van der Waals surface area contributed by atoms with Gasteiger partial charge in [-0.25, -0.2) is 18.2 Å². The van der Waals surface area contributed by atoms with Crippen molar-refractivity contribution >= 4 is 28.2 Å². The van der Waals surface area contributed by atoms with Gasteiger partial charge in [0.2, 0.25) is 0 Å². The van der Waals surface area contributed by atoms with Crippen molar-refractivity contribution in [3.8, 4) is 5.75 Å². The number of furan rings is 1. The van der Waals surface area contributed by atoms with Crippen LogP contribution in [0.4, 0.5) is 13.2 Å². The summed E-state index contributed by atoms with van der Waals surface area (Å²) in [7, 11) is 0. The number of nitrogens with one attached hydrogen (secondary N) is 2. The molecule has 0 spiro atoms. The van der Waals surface area contributed by atoms with E-state index in [1.54, 1.807) is 5.51 Å². The first-order valence-corrected chi connectivity index (χ1v) is 10.3. The number of hydrogen-bond donors (Lipinski definition) is 2. The van der Waals surface area contributed by atoms with E-state index in [0.29, 0.717) is 6.54 Å². The van der Waals surface area contributed by atoms with Crippen molar-refractivity contribution in [1.29, 1.82) is 0 Å². The quantitative estimate of drug-likeness (QED) is 0.630. The molecule has 3 heterocycles. The third kappa shape index (κ3) is 3.77. The summed E-state index contributed by atoms with van der Waals surface area (Å²) in [5.74, 6) is -4.58. The molecule has 1 unspecified atom stereocenters. The van der Waals surface area contributed by atoms with Crippen LogP contribution in [-0.4, -0.2) is 35.9 Å². The number of nitrogens with zero attached hydrogens (tertiary/aromatic N) is 1. The Kier molecular flexibility index (Phi) is 5.46. The fraction of sp³-hybridized carbons (Fsp3) is 0.400. The Morgan fingerprint density at radius 2 is 2.23 bits per heavy atom. The summed E-state index contributed by atoms with van der Waals surface area (Å²) in [6.45, 7) is 3.28. The number of ether oxygens (including phenoxy) is 1. The maximum atomic E-state index is 15.2. The Balaban J connectivity index is 1.63. The molecular weight excluding hydrogens is 419 g/mol. The summed E-state index contributed by atoms with van der Waals surface area (Å²) in [5, 5.41) is 4.87. The SMILES string of the molecule is Cc1ncsc1COc1ccc2oc(C)c(C(=O)NC3CCNCC3(F)F)c2c1F. The van der Waals surface area contributed by atoms with Crippen LogP contribution in [0.2, 0.25) is 0 Å². The molecule has 2 N–H and O–H groups in total. The first-order chi connectivity index (χ1) is 14.3. The summed E-state index contributed by atoms with van der Waals surface area (Å²) < 4.78 is 54.5. The zero-order valence-corrected chi connectivity index (χ0v) is 17.2. The van der Waals surface area contributed by atoms with Crippen LogP contribution >= 0.6 is 11.3 Å². The van der Waals surface area contributed by atoms with Gasteiger partial charge in [-0.2, -0.15) is 0 Å². The molecule has 3 aromatic rings. The van der Waals surface area contributed by atoms with Gasteiger partial charge in [0.15, 0.2) is 11.6 Å². The zero-order valence-electron chi connectivity index (χ0n) is 16.4. The molecule has 1 aliphatic heterocycles. The molecule has 30 heavy (non-hydrogen) atoms. The molecule has 1 aromatic carbocycles. The van der Waals surface area contributed by atoms with Crippen LogP contribution in [0, 0.1) is 19.7 Å². The molecule has 2 aromatic heterocycles. The lowest BCUT2D eigenvalue weighted by Gasteiger charge is -2.32. The lowest BCUT2D eigenvalue weighted by atomic mass is 10.0. The van der Waals surface area contributed by atoms with E-state index in [0.717, 1.165) is 10.6 Å². The number of alkyl halides is 2. The van der Waals surface area contributed by atoms with E-state index in [-0.39, 0.29) is 41.1 Å². The van der Waals surface area contributed by atoms with Crippen LogP contribution in [0.1, 0.15) is 33.1 Å². The summed E-state index contributed by atoms with van der Waals surface area (Å²) in [6.07, 6.45) is 0.0681. The van der Waals surface area contributed by atoms with Gasteiger partial charge in [0, 0.05) is 0 Å². The van der Waals surface area contributed by atoms with Gasteiger partial charge in [0.1, 0.15) is 18.0 Å². The van der Waals surface area contributed by atoms with Gasteiger partial charge >= 0.3 is 0 Å². The van der Waals surface area contributed by atoms with Gasteiger partial charge in [0.05, 0.1) is 39.6 Å². The minimum absolute atomic E-state index is 0.0580. The molecule has 6 nitrogen and oxygen atoms in total. The number of benzene rings is 1. The van der Waals surface area contributed by atoms with E-state index in [2.05, 4.69) is 15.6 Å². The molecule has 1 amide bonds. The van der Waals surface area contributed by atoms with Crippen LogP contribution in [0.25, 0.3) is 11.0 Å². The summed E-state index contributed by atoms with van der Waals surface area (Å²) in [6, 6.07) is 1.57. The molecule has 1 aliphatic rings. The number of carbonyl (C=O) groups excluding carboxylic acids is 1. The number of aromatic nitrogens is 1. The molecule has 4 rings (SSSR count). The fourth-order valence-corrected chi connectivity index (χ4v) is 4.17. The highest BCUT2D eigenvalue weighted by atomic mass is 32.1. The Labute approximate surface area is 174 Å². The normalized spacial score (nSPS) is 18.5. The predicted molar refractivity (Wildman–Crippen MR) is 106 cm³/mol. The predicted octanol–water partition coefficient (Wildman–Crippen LogP) is 3.95. The van der Waals surface area contributed by atoms with Gasteiger partial charge in [-0.1, -0.05) is 0 Å². The zero-order chi connectivity index (χ0) is 21.5.